The first kappa shape index (κ1) is 26.1. The van der Waals surface area contributed by atoms with E-state index in [1.165, 1.54) is 26.1 Å². The number of sulfonamides is 1. The number of thiazole rings is 1. The standard InChI is InChI=1S/C27H30N4O3S4/c1-2-13-30-15-12-18-22(17-30)37-27(24(18)26-28-19-8-3-4-10-21(19)36-26)29-25(32)20-9-5-6-14-31(20)38(33,34)23-11-7-16-35-23/h3-4,7-8,10-11,16,20H,2,5-6,9,12-15,17H2,1H3,(H,29,32). The number of aromatic nitrogens is 1. The van der Waals surface area contributed by atoms with Gasteiger partial charge in [0.05, 0.1) is 10.2 Å². The maximum absolute atomic E-state index is 13.8. The van der Waals surface area contributed by atoms with Gasteiger partial charge in [-0.25, -0.2) is 13.4 Å². The van der Waals surface area contributed by atoms with Crippen molar-refractivity contribution in [2.45, 2.75) is 55.8 Å². The summed E-state index contributed by atoms with van der Waals surface area (Å²) in [5.41, 5.74) is 3.23. The first-order chi connectivity index (χ1) is 18.5. The zero-order chi connectivity index (χ0) is 26.3. The highest BCUT2D eigenvalue weighted by molar-refractivity contribution is 7.91. The summed E-state index contributed by atoms with van der Waals surface area (Å²) in [5.74, 6) is -0.254. The molecular formula is C27H30N4O3S4. The topological polar surface area (TPSA) is 82.6 Å². The Kier molecular flexibility index (Phi) is 7.41. The van der Waals surface area contributed by atoms with E-state index in [2.05, 4.69) is 23.2 Å². The van der Waals surface area contributed by atoms with Crippen LogP contribution in [0.25, 0.3) is 20.8 Å². The number of carbonyl (C=O) groups excluding carboxylic acids is 1. The predicted octanol–water partition coefficient (Wildman–Crippen LogP) is 6.04. The summed E-state index contributed by atoms with van der Waals surface area (Å²) < 4.78 is 29.6. The normalized spacial score (nSPS) is 19.0. The monoisotopic (exact) mass is 586 g/mol. The lowest BCUT2D eigenvalue weighted by molar-refractivity contribution is -0.120. The number of rotatable bonds is 7. The molecule has 7 nitrogen and oxygen atoms in total. The lowest BCUT2D eigenvalue weighted by atomic mass is 10.0. The summed E-state index contributed by atoms with van der Waals surface area (Å²) in [6.07, 6.45) is 4.11. The highest BCUT2D eigenvalue weighted by Crippen LogP contribution is 2.46. The van der Waals surface area contributed by atoms with Crippen molar-refractivity contribution in [3.63, 3.8) is 0 Å². The molecule has 1 unspecified atom stereocenters. The molecule has 1 aromatic carbocycles. The van der Waals surface area contributed by atoms with Crippen LogP contribution in [0.2, 0.25) is 0 Å². The molecule has 3 aromatic heterocycles. The van der Waals surface area contributed by atoms with E-state index in [0.717, 1.165) is 71.1 Å². The third-order valence-corrected chi connectivity index (χ3v) is 12.7. The zero-order valence-corrected chi connectivity index (χ0v) is 24.4. The van der Waals surface area contributed by atoms with Gasteiger partial charge in [0.15, 0.2) is 0 Å². The minimum atomic E-state index is -3.72. The summed E-state index contributed by atoms with van der Waals surface area (Å²) in [5, 5.41) is 6.66. The number of thiophene rings is 2. The quantitative estimate of drug-likeness (QED) is 0.286. The van der Waals surface area contributed by atoms with Gasteiger partial charge in [0.25, 0.3) is 10.0 Å². The molecule has 0 aliphatic carbocycles. The summed E-state index contributed by atoms with van der Waals surface area (Å²) in [6.45, 7) is 5.45. The minimum Gasteiger partial charge on any atom is -0.316 e. The molecule has 0 spiro atoms. The number of anilines is 1. The van der Waals surface area contributed by atoms with E-state index in [1.807, 2.05) is 18.2 Å². The molecule has 2 aliphatic heterocycles. The molecule has 4 aromatic rings. The minimum absolute atomic E-state index is 0.254. The Labute approximate surface area is 235 Å². The Morgan fingerprint density at radius 3 is 2.79 bits per heavy atom. The smallest absolute Gasteiger partial charge is 0.253 e. The van der Waals surface area contributed by atoms with Crippen LogP contribution in [0.1, 0.15) is 43.0 Å². The highest BCUT2D eigenvalue weighted by atomic mass is 32.2. The Morgan fingerprint density at radius 2 is 2.00 bits per heavy atom. The van der Waals surface area contributed by atoms with Crippen LogP contribution in [0.3, 0.4) is 0 Å². The Hall–Kier alpha value is -2.15. The van der Waals surface area contributed by atoms with Crippen molar-refractivity contribution in [1.82, 2.24) is 14.2 Å². The molecule has 1 fully saturated rings. The summed E-state index contributed by atoms with van der Waals surface area (Å²) in [4.78, 5) is 22.5. The fraction of sp³-hybridized carbons (Fsp3) is 0.407. The second kappa shape index (κ2) is 10.8. The van der Waals surface area contributed by atoms with Crippen LogP contribution in [0.5, 0.6) is 0 Å². The van der Waals surface area contributed by atoms with E-state index in [0.29, 0.717) is 13.0 Å². The van der Waals surface area contributed by atoms with Crippen molar-refractivity contribution < 1.29 is 13.2 Å². The number of hydrogen-bond acceptors (Lipinski definition) is 8. The maximum atomic E-state index is 13.8. The van der Waals surface area contributed by atoms with Crippen molar-refractivity contribution in [1.29, 1.82) is 0 Å². The molecule has 0 saturated carbocycles. The first-order valence-corrected chi connectivity index (χ1v) is 17.0. The Morgan fingerprint density at radius 1 is 1.13 bits per heavy atom. The molecule has 0 bridgehead atoms. The second-order valence-corrected chi connectivity index (χ2v) is 15.0. The number of fused-ring (bicyclic) bond motifs is 2. The molecular weight excluding hydrogens is 557 g/mol. The molecule has 1 atom stereocenters. The van der Waals surface area contributed by atoms with Gasteiger partial charge < -0.3 is 5.32 Å². The van der Waals surface area contributed by atoms with Crippen LogP contribution in [0.15, 0.2) is 46.0 Å². The SMILES string of the molecule is CCCN1CCc2c(sc(NC(=O)C3CCCCN3S(=O)(=O)c3cccs3)c2-c2nc3ccccc3s2)C1. The maximum Gasteiger partial charge on any atom is 0.253 e. The van der Waals surface area contributed by atoms with E-state index in [-0.39, 0.29) is 10.1 Å². The summed E-state index contributed by atoms with van der Waals surface area (Å²) >= 11 is 4.46. The first-order valence-electron chi connectivity index (χ1n) is 13.0. The molecule has 1 amide bonds. The van der Waals surface area contributed by atoms with Gasteiger partial charge in [-0.3, -0.25) is 9.69 Å². The Balaban J connectivity index is 1.36. The van der Waals surface area contributed by atoms with Crippen LogP contribution in [-0.2, 0) is 27.8 Å². The number of benzene rings is 1. The molecule has 1 saturated heterocycles. The molecule has 11 heteroatoms. The van der Waals surface area contributed by atoms with E-state index in [9.17, 15) is 13.2 Å². The fourth-order valence-corrected chi connectivity index (χ4v) is 10.6. The summed E-state index contributed by atoms with van der Waals surface area (Å²) in [6, 6.07) is 10.7. The molecule has 2 aliphatic rings. The second-order valence-electron chi connectivity index (χ2n) is 9.77. The fourth-order valence-electron chi connectivity index (χ4n) is 5.43. The van der Waals surface area contributed by atoms with Gasteiger partial charge in [0.2, 0.25) is 5.91 Å². The lowest BCUT2D eigenvalue weighted by Gasteiger charge is -2.33. The third kappa shape index (κ3) is 4.84. The van der Waals surface area contributed by atoms with E-state index in [4.69, 9.17) is 4.98 Å². The van der Waals surface area contributed by atoms with Crippen LogP contribution in [-0.4, -0.2) is 54.2 Å². The highest BCUT2D eigenvalue weighted by Gasteiger charge is 2.39. The van der Waals surface area contributed by atoms with Crippen LogP contribution in [0, 0.1) is 0 Å². The van der Waals surface area contributed by atoms with Crippen molar-refractivity contribution in [3.05, 3.63) is 52.2 Å². The number of hydrogen-bond donors (Lipinski definition) is 1. The van der Waals surface area contributed by atoms with Crippen molar-refractivity contribution >= 4 is 65.2 Å². The van der Waals surface area contributed by atoms with Gasteiger partial charge in [-0.2, -0.15) is 4.31 Å². The molecule has 38 heavy (non-hydrogen) atoms. The average Bonchev–Trinajstić information content (AvgIpc) is 3.67. The van der Waals surface area contributed by atoms with Crippen LogP contribution >= 0.6 is 34.0 Å². The van der Waals surface area contributed by atoms with Gasteiger partial charge in [-0.1, -0.05) is 31.5 Å². The number of piperidine rings is 1. The molecule has 6 rings (SSSR count). The van der Waals surface area contributed by atoms with Gasteiger partial charge >= 0.3 is 0 Å². The van der Waals surface area contributed by atoms with Gasteiger partial charge in [0, 0.05) is 30.1 Å². The number of para-hydroxylation sites is 1. The summed E-state index contributed by atoms with van der Waals surface area (Å²) in [7, 11) is -3.72. The van der Waals surface area contributed by atoms with Crippen molar-refractivity contribution in [3.8, 4) is 10.6 Å². The van der Waals surface area contributed by atoms with Gasteiger partial charge in [-0.15, -0.1) is 34.0 Å². The van der Waals surface area contributed by atoms with Crippen molar-refractivity contribution in [2.24, 2.45) is 0 Å². The van der Waals surface area contributed by atoms with E-state index in [1.54, 1.807) is 40.2 Å². The lowest BCUT2D eigenvalue weighted by Crippen LogP contribution is -2.49. The van der Waals surface area contributed by atoms with Crippen LogP contribution in [0.4, 0.5) is 5.00 Å². The predicted molar refractivity (Wildman–Crippen MR) is 157 cm³/mol. The number of nitrogens with zero attached hydrogens (tertiary/aromatic N) is 3. The van der Waals surface area contributed by atoms with E-state index < -0.39 is 16.1 Å². The molecule has 0 radical (unpaired) electrons. The number of carbonyl (C=O) groups is 1. The number of amides is 1. The number of nitrogens with one attached hydrogen (secondary N) is 1. The van der Waals surface area contributed by atoms with Crippen molar-refractivity contribution in [2.75, 3.05) is 25.0 Å². The largest absolute Gasteiger partial charge is 0.316 e. The zero-order valence-electron chi connectivity index (χ0n) is 21.2. The van der Waals surface area contributed by atoms with Gasteiger partial charge in [-0.05, 0) is 61.4 Å². The van der Waals surface area contributed by atoms with Crippen LogP contribution < -0.4 is 5.32 Å². The molecule has 1 N–H and O–H groups in total. The van der Waals surface area contributed by atoms with Gasteiger partial charge in [0.1, 0.15) is 20.3 Å². The average molecular weight is 587 g/mol. The third-order valence-electron chi connectivity index (χ3n) is 7.23. The Bertz CT molecular complexity index is 1530. The van der Waals surface area contributed by atoms with E-state index >= 15 is 0 Å². The molecule has 200 valence electrons. The molecule has 5 heterocycles.